The van der Waals surface area contributed by atoms with Gasteiger partial charge in [-0.25, -0.2) is 0 Å². The lowest BCUT2D eigenvalue weighted by molar-refractivity contribution is -0.120. The SMILES string of the molecule is O=C(NC(=S)Nc1cccc(NC(=O)C2CCCCC2)c1)c1ccccc1OCCOc1ccccc1. The van der Waals surface area contributed by atoms with E-state index in [4.69, 9.17) is 21.7 Å². The number of amides is 2. The van der Waals surface area contributed by atoms with E-state index in [1.54, 1.807) is 30.3 Å². The van der Waals surface area contributed by atoms with E-state index in [-0.39, 0.29) is 29.5 Å². The van der Waals surface area contributed by atoms with Crippen molar-refractivity contribution in [3.05, 3.63) is 84.4 Å². The number of benzene rings is 3. The van der Waals surface area contributed by atoms with Gasteiger partial charge in [0, 0.05) is 17.3 Å². The molecule has 1 aliphatic carbocycles. The van der Waals surface area contributed by atoms with Crippen LogP contribution in [0.1, 0.15) is 42.5 Å². The predicted octanol–water partition coefficient (Wildman–Crippen LogP) is 5.79. The molecule has 3 N–H and O–H groups in total. The van der Waals surface area contributed by atoms with Gasteiger partial charge < -0.3 is 20.1 Å². The molecular weight excluding hydrogens is 486 g/mol. The summed E-state index contributed by atoms with van der Waals surface area (Å²) in [4.78, 5) is 25.5. The van der Waals surface area contributed by atoms with Crippen molar-refractivity contribution >= 4 is 40.5 Å². The van der Waals surface area contributed by atoms with Crippen molar-refractivity contribution < 1.29 is 19.1 Å². The van der Waals surface area contributed by atoms with Gasteiger partial charge in [-0.05, 0) is 67.5 Å². The summed E-state index contributed by atoms with van der Waals surface area (Å²) in [5.74, 6) is 0.924. The first-order valence-electron chi connectivity index (χ1n) is 12.5. The second kappa shape index (κ2) is 13.4. The Hall–Kier alpha value is -3.91. The second-order valence-corrected chi connectivity index (χ2v) is 9.23. The van der Waals surface area contributed by atoms with Crippen molar-refractivity contribution in [2.45, 2.75) is 32.1 Å². The smallest absolute Gasteiger partial charge is 0.261 e. The first kappa shape index (κ1) is 26.2. The molecule has 0 saturated heterocycles. The summed E-state index contributed by atoms with van der Waals surface area (Å²) < 4.78 is 11.4. The highest BCUT2D eigenvalue weighted by Crippen LogP contribution is 2.25. The topological polar surface area (TPSA) is 88.7 Å². The van der Waals surface area contributed by atoms with E-state index < -0.39 is 0 Å². The zero-order valence-corrected chi connectivity index (χ0v) is 21.4. The summed E-state index contributed by atoms with van der Waals surface area (Å²) in [6.45, 7) is 0.620. The normalized spacial score (nSPS) is 13.3. The Morgan fingerprint density at radius 3 is 2.24 bits per heavy atom. The predicted molar refractivity (Wildman–Crippen MR) is 149 cm³/mol. The average molecular weight is 518 g/mol. The van der Waals surface area contributed by atoms with Gasteiger partial charge in [-0.2, -0.15) is 0 Å². The largest absolute Gasteiger partial charge is 0.490 e. The molecule has 37 heavy (non-hydrogen) atoms. The van der Waals surface area contributed by atoms with Gasteiger partial charge in [-0.15, -0.1) is 0 Å². The van der Waals surface area contributed by atoms with E-state index in [1.807, 2.05) is 48.5 Å². The number of hydrogen-bond acceptors (Lipinski definition) is 5. The molecule has 0 atom stereocenters. The van der Waals surface area contributed by atoms with Gasteiger partial charge in [-0.1, -0.05) is 55.7 Å². The molecule has 1 saturated carbocycles. The first-order chi connectivity index (χ1) is 18.1. The number of carbonyl (C=O) groups excluding carboxylic acids is 2. The molecule has 0 unspecified atom stereocenters. The quantitative estimate of drug-likeness (QED) is 0.246. The zero-order chi connectivity index (χ0) is 25.9. The van der Waals surface area contributed by atoms with Crippen LogP contribution in [0.25, 0.3) is 0 Å². The van der Waals surface area contributed by atoms with Crippen LogP contribution >= 0.6 is 12.2 Å². The Bertz CT molecular complexity index is 1210. The number of anilines is 2. The molecule has 0 bridgehead atoms. The molecule has 0 aliphatic heterocycles. The lowest BCUT2D eigenvalue weighted by atomic mass is 9.88. The Morgan fingerprint density at radius 1 is 0.784 bits per heavy atom. The van der Waals surface area contributed by atoms with Gasteiger partial charge in [0.25, 0.3) is 5.91 Å². The highest BCUT2D eigenvalue weighted by Gasteiger charge is 2.21. The average Bonchev–Trinajstić information content (AvgIpc) is 2.92. The van der Waals surface area contributed by atoms with Crippen LogP contribution in [0.15, 0.2) is 78.9 Å². The molecule has 0 aromatic heterocycles. The van der Waals surface area contributed by atoms with Gasteiger partial charge in [0.1, 0.15) is 24.7 Å². The lowest BCUT2D eigenvalue weighted by Gasteiger charge is -2.21. The number of thiocarbonyl (C=S) groups is 1. The van der Waals surface area contributed by atoms with E-state index in [1.165, 1.54) is 6.42 Å². The van der Waals surface area contributed by atoms with Crippen LogP contribution in [0.5, 0.6) is 11.5 Å². The Kier molecular flexibility index (Phi) is 9.48. The van der Waals surface area contributed by atoms with Gasteiger partial charge >= 0.3 is 0 Å². The van der Waals surface area contributed by atoms with Crippen LogP contribution in [0.3, 0.4) is 0 Å². The molecule has 7 nitrogen and oxygen atoms in total. The molecule has 3 aromatic rings. The van der Waals surface area contributed by atoms with E-state index >= 15 is 0 Å². The Morgan fingerprint density at radius 2 is 1.46 bits per heavy atom. The van der Waals surface area contributed by atoms with E-state index in [2.05, 4.69) is 16.0 Å². The van der Waals surface area contributed by atoms with Crippen LogP contribution in [-0.4, -0.2) is 30.1 Å². The molecule has 0 radical (unpaired) electrons. The summed E-state index contributed by atoms with van der Waals surface area (Å²) in [6, 6.07) is 23.7. The van der Waals surface area contributed by atoms with Crippen LogP contribution in [-0.2, 0) is 4.79 Å². The van der Waals surface area contributed by atoms with Gasteiger partial charge in [0.2, 0.25) is 5.91 Å². The molecule has 1 aliphatic rings. The molecular formula is C29H31N3O4S. The van der Waals surface area contributed by atoms with E-state index in [0.29, 0.717) is 29.3 Å². The molecule has 1 fully saturated rings. The minimum Gasteiger partial charge on any atom is -0.490 e. The minimum atomic E-state index is -0.390. The van der Waals surface area contributed by atoms with Crippen molar-refractivity contribution in [1.29, 1.82) is 0 Å². The molecule has 3 aromatic carbocycles. The molecule has 192 valence electrons. The van der Waals surface area contributed by atoms with Crippen molar-refractivity contribution in [2.24, 2.45) is 5.92 Å². The standard InChI is InChI=1S/C29H31N3O4S/c33-27(21-10-3-1-4-11-21)30-22-12-9-13-23(20-22)31-29(37)32-28(34)25-16-7-8-17-26(25)36-19-18-35-24-14-5-2-6-15-24/h2,5-9,12-17,20-21H,1,3-4,10-11,18-19H2,(H,30,33)(H2,31,32,34,37). The van der Waals surface area contributed by atoms with Crippen molar-refractivity contribution in [3.63, 3.8) is 0 Å². The molecule has 0 spiro atoms. The van der Waals surface area contributed by atoms with Gasteiger partial charge in [0.15, 0.2) is 5.11 Å². The van der Waals surface area contributed by atoms with Crippen LogP contribution in [0.4, 0.5) is 11.4 Å². The maximum absolute atomic E-state index is 12.9. The van der Waals surface area contributed by atoms with Crippen molar-refractivity contribution in [3.8, 4) is 11.5 Å². The fourth-order valence-corrected chi connectivity index (χ4v) is 4.44. The van der Waals surface area contributed by atoms with Gasteiger partial charge in [-0.3, -0.25) is 14.9 Å². The molecule has 2 amide bonds. The number of rotatable bonds is 9. The summed E-state index contributed by atoms with van der Waals surface area (Å²) >= 11 is 5.36. The van der Waals surface area contributed by atoms with Gasteiger partial charge in [0.05, 0.1) is 5.56 Å². The van der Waals surface area contributed by atoms with Crippen LogP contribution < -0.4 is 25.4 Å². The third-order valence-corrected chi connectivity index (χ3v) is 6.28. The third kappa shape index (κ3) is 8.05. The molecule has 0 heterocycles. The fourth-order valence-electron chi connectivity index (χ4n) is 4.22. The maximum atomic E-state index is 12.9. The van der Waals surface area contributed by atoms with Crippen LogP contribution in [0.2, 0.25) is 0 Å². The Balaban J connectivity index is 1.28. The number of hydrogen-bond donors (Lipinski definition) is 3. The lowest BCUT2D eigenvalue weighted by Crippen LogP contribution is -2.34. The minimum absolute atomic E-state index is 0.0542. The summed E-state index contributed by atoms with van der Waals surface area (Å²) in [5.41, 5.74) is 1.71. The summed E-state index contributed by atoms with van der Waals surface area (Å²) in [7, 11) is 0. The van der Waals surface area contributed by atoms with E-state index in [0.717, 1.165) is 31.4 Å². The highest BCUT2D eigenvalue weighted by molar-refractivity contribution is 7.80. The Labute approximate surface area is 222 Å². The third-order valence-electron chi connectivity index (χ3n) is 6.08. The summed E-state index contributed by atoms with van der Waals surface area (Å²) in [5, 5.41) is 8.85. The second-order valence-electron chi connectivity index (χ2n) is 8.82. The number of para-hydroxylation sites is 2. The van der Waals surface area contributed by atoms with Crippen LogP contribution in [0, 0.1) is 5.92 Å². The molecule has 4 rings (SSSR count). The number of carbonyl (C=O) groups is 2. The number of nitrogens with one attached hydrogen (secondary N) is 3. The summed E-state index contributed by atoms with van der Waals surface area (Å²) in [6.07, 6.45) is 5.27. The maximum Gasteiger partial charge on any atom is 0.261 e. The van der Waals surface area contributed by atoms with Crippen molar-refractivity contribution in [2.75, 3.05) is 23.8 Å². The zero-order valence-electron chi connectivity index (χ0n) is 20.6. The fraction of sp³-hybridized carbons (Fsp3) is 0.276. The number of ether oxygens (including phenoxy) is 2. The van der Waals surface area contributed by atoms with E-state index in [9.17, 15) is 9.59 Å². The monoisotopic (exact) mass is 517 g/mol. The first-order valence-corrected chi connectivity index (χ1v) is 12.9. The van der Waals surface area contributed by atoms with Crippen molar-refractivity contribution in [1.82, 2.24) is 5.32 Å². The highest BCUT2D eigenvalue weighted by atomic mass is 32.1. The molecule has 8 heteroatoms.